The van der Waals surface area contributed by atoms with E-state index in [2.05, 4.69) is 10.6 Å². The standard InChI is InChI=1S/C22H25N3O5/c1-14(26)24-17-5-4-6-18(11-17)25-13-16(10-21(25)27)22(28)23-12-15-7-8-19(29-2)20(9-15)30-3/h4-9,11,16H,10,12-13H2,1-3H3,(H,23,28)(H,24,26)/t16-/m1/s1. The van der Waals surface area contributed by atoms with Crippen molar-refractivity contribution in [2.45, 2.75) is 19.9 Å². The van der Waals surface area contributed by atoms with Gasteiger partial charge in [0, 0.05) is 37.8 Å². The Kier molecular flexibility index (Phi) is 6.56. The van der Waals surface area contributed by atoms with Crippen LogP contribution in [-0.2, 0) is 20.9 Å². The molecule has 158 valence electrons. The fraction of sp³-hybridized carbons (Fsp3) is 0.318. The lowest BCUT2D eigenvalue weighted by atomic mass is 10.1. The number of nitrogens with one attached hydrogen (secondary N) is 2. The second kappa shape index (κ2) is 9.30. The highest BCUT2D eigenvalue weighted by molar-refractivity contribution is 6.01. The van der Waals surface area contributed by atoms with E-state index in [1.807, 2.05) is 6.07 Å². The van der Waals surface area contributed by atoms with Crippen LogP contribution in [-0.4, -0.2) is 38.5 Å². The normalized spacial score (nSPS) is 15.6. The molecular weight excluding hydrogens is 386 g/mol. The number of carbonyl (C=O) groups excluding carboxylic acids is 3. The zero-order valence-corrected chi connectivity index (χ0v) is 17.2. The molecule has 3 rings (SSSR count). The van der Waals surface area contributed by atoms with Crippen molar-refractivity contribution >= 4 is 29.1 Å². The predicted octanol–water partition coefficient (Wildman–Crippen LogP) is 2.33. The Morgan fingerprint density at radius 2 is 1.87 bits per heavy atom. The summed E-state index contributed by atoms with van der Waals surface area (Å²) in [4.78, 5) is 37.9. The number of benzene rings is 2. The van der Waals surface area contributed by atoms with Crippen LogP contribution >= 0.6 is 0 Å². The van der Waals surface area contributed by atoms with Gasteiger partial charge in [0.25, 0.3) is 0 Å². The maximum Gasteiger partial charge on any atom is 0.227 e. The van der Waals surface area contributed by atoms with Crippen LogP contribution in [0.2, 0.25) is 0 Å². The predicted molar refractivity (Wildman–Crippen MR) is 113 cm³/mol. The highest BCUT2D eigenvalue weighted by Crippen LogP contribution is 2.29. The molecule has 1 atom stereocenters. The monoisotopic (exact) mass is 411 g/mol. The van der Waals surface area contributed by atoms with Crippen LogP contribution in [0.4, 0.5) is 11.4 Å². The molecule has 1 heterocycles. The third-order valence-electron chi connectivity index (χ3n) is 4.89. The molecule has 0 radical (unpaired) electrons. The smallest absolute Gasteiger partial charge is 0.227 e. The summed E-state index contributed by atoms with van der Waals surface area (Å²) < 4.78 is 10.5. The first-order valence-corrected chi connectivity index (χ1v) is 9.58. The lowest BCUT2D eigenvalue weighted by molar-refractivity contribution is -0.126. The van der Waals surface area contributed by atoms with E-state index in [9.17, 15) is 14.4 Å². The molecular formula is C22H25N3O5. The average molecular weight is 411 g/mol. The van der Waals surface area contributed by atoms with Gasteiger partial charge in [0.1, 0.15) is 0 Å². The van der Waals surface area contributed by atoms with Crippen LogP contribution in [0, 0.1) is 5.92 Å². The van der Waals surface area contributed by atoms with Gasteiger partial charge in [-0.15, -0.1) is 0 Å². The van der Waals surface area contributed by atoms with Crippen molar-refractivity contribution in [3.8, 4) is 11.5 Å². The molecule has 8 heteroatoms. The van der Waals surface area contributed by atoms with Crippen molar-refractivity contribution in [1.29, 1.82) is 0 Å². The molecule has 2 aromatic carbocycles. The second-order valence-corrected chi connectivity index (χ2v) is 7.04. The highest BCUT2D eigenvalue weighted by Gasteiger charge is 2.35. The van der Waals surface area contributed by atoms with Crippen molar-refractivity contribution in [2.24, 2.45) is 5.92 Å². The molecule has 2 aromatic rings. The van der Waals surface area contributed by atoms with E-state index in [0.717, 1.165) is 5.56 Å². The van der Waals surface area contributed by atoms with Crippen LogP contribution in [0.3, 0.4) is 0 Å². The maximum atomic E-state index is 12.6. The molecule has 0 aliphatic carbocycles. The van der Waals surface area contributed by atoms with Gasteiger partial charge in [-0.2, -0.15) is 0 Å². The van der Waals surface area contributed by atoms with Gasteiger partial charge < -0.3 is 25.0 Å². The molecule has 1 aliphatic rings. The number of carbonyl (C=O) groups is 3. The second-order valence-electron chi connectivity index (χ2n) is 7.04. The molecule has 1 saturated heterocycles. The molecule has 30 heavy (non-hydrogen) atoms. The summed E-state index contributed by atoms with van der Waals surface area (Å²) in [5.74, 6) is 0.269. The summed E-state index contributed by atoms with van der Waals surface area (Å²) in [7, 11) is 3.12. The summed E-state index contributed by atoms with van der Waals surface area (Å²) in [5, 5.41) is 5.59. The van der Waals surface area contributed by atoms with Gasteiger partial charge in [-0.3, -0.25) is 14.4 Å². The lowest BCUT2D eigenvalue weighted by Crippen LogP contribution is -2.32. The summed E-state index contributed by atoms with van der Waals surface area (Å²) in [6, 6.07) is 12.5. The number of methoxy groups -OCH3 is 2. The minimum absolute atomic E-state index is 0.124. The first kappa shape index (κ1) is 21.2. The summed E-state index contributed by atoms with van der Waals surface area (Å²) in [6.45, 7) is 2.04. The molecule has 1 fully saturated rings. The van der Waals surface area contributed by atoms with Crippen LogP contribution in [0.15, 0.2) is 42.5 Å². The van der Waals surface area contributed by atoms with E-state index < -0.39 is 5.92 Å². The molecule has 2 N–H and O–H groups in total. The molecule has 0 unspecified atom stereocenters. The van der Waals surface area contributed by atoms with E-state index >= 15 is 0 Å². The Bertz CT molecular complexity index is 960. The Morgan fingerprint density at radius 1 is 1.10 bits per heavy atom. The third kappa shape index (κ3) is 4.89. The summed E-state index contributed by atoms with van der Waals surface area (Å²) in [5.41, 5.74) is 2.13. The van der Waals surface area contributed by atoms with Gasteiger partial charge in [-0.1, -0.05) is 12.1 Å². The molecule has 0 spiro atoms. The van der Waals surface area contributed by atoms with Crippen molar-refractivity contribution in [2.75, 3.05) is 31.0 Å². The first-order chi connectivity index (χ1) is 14.4. The summed E-state index contributed by atoms with van der Waals surface area (Å²) >= 11 is 0. The van der Waals surface area contributed by atoms with Crippen LogP contribution in [0.1, 0.15) is 18.9 Å². The van der Waals surface area contributed by atoms with Gasteiger partial charge in [0.2, 0.25) is 17.7 Å². The number of hydrogen-bond acceptors (Lipinski definition) is 5. The third-order valence-corrected chi connectivity index (χ3v) is 4.89. The van der Waals surface area contributed by atoms with E-state index in [1.165, 1.54) is 6.92 Å². The zero-order valence-electron chi connectivity index (χ0n) is 17.2. The number of anilines is 2. The zero-order chi connectivity index (χ0) is 21.7. The van der Waals surface area contributed by atoms with Crippen molar-refractivity contribution in [1.82, 2.24) is 5.32 Å². The number of nitrogens with zero attached hydrogens (tertiary/aromatic N) is 1. The van der Waals surface area contributed by atoms with Gasteiger partial charge in [-0.05, 0) is 35.9 Å². The van der Waals surface area contributed by atoms with Gasteiger partial charge in [0.05, 0.1) is 20.1 Å². The number of ether oxygens (including phenoxy) is 2. The number of amides is 3. The van der Waals surface area contributed by atoms with E-state index in [0.29, 0.717) is 36.0 Å². The van der Waals surface area contributed by atoms with Gasteiger partial charge >= 0.3 is 0 Å². The van der Waals surface area contributed by atoms with Crippen molar-refractivity contribution in [3.63, 3.8) is 0 Å². The highest BCUT2D eigenvalue weighted by atomic mass is 16.5. The molecule has 0 bridgehead atoms. The SMILES string of the molecule is COc1ccc(CNC(=O)[C@@H]2CC(=O)N(c3cccc(NC(C)=O)c3)C2)cc1OC. The molecule has 8 nitrogen and oxygen atoms in total. The number of hydrogen-bond donors (Lipinski definition) is 2. The van der Waals surface area contributed by atoms with Crippen molar-refractivity contribution in [3.05, 3.63) is 48.0 Å². The Labute approximate surface area is 175 Å². The van der Waals surface area contributed by atoms with Gasteiger partial charge in [0.15, 0.2) is 11.5 Å². The quantitative estimate of drug-likeness (QED) is 0.729. The molecule has 3 amide bonds. The lowest BCUT2D eigenvalue weighted by Gasteiger charge is -2.18. The molecule has 0 aromatic heterocycles. The molecule has 0 saturated carbocycles. The average Bonchev–Trinajstić information content (AvgIpc) is 3.13. The Hall–Kier alpha value is -3.55. The van der Waals surface area contributed by atoms with Gasteiger partial charge in [-0.25, -0.2) is 0 Å². The minimum Gasteiger partial charge on any atom is -0.493 e. The fourth-order valence-electron chi connectivity index (χ4n) is 3.41. The van der Waals surface area contributed by atoms with Crippen LogP contribution in [0.5, 0.6) is 11.5 Å². The fourth-order valence-corrected chi connectivity index (χ4v) is 3.41. The van der Waals surface area contributed by atoms with Crippen LogP contribution < -0.4 is 25.0 Å². The van der Waals surface area contributed by atoms with E-state index in [1.54, 1.807) is 55.5 Å². The number of rotatable bonds is 7. The topological polar surface area (TPSA) is 97.0 Å². The van der Waals surface area contributed by atoms with E-state index in [-0.39, 0.29) is 24.1 Å². The summed E-state index contributed by atoms with van der Waals surface area (Å²) in [6.07, 6.45) is 0.141. The first-order valence-electron chi connectivity index (χ1n) is 9.58. The Morgan fingerprint density at radius 3 is 2.57 bits per heavy atom. The maximum absolute atomic E-state index is 12.6. The van der Waals surface area contributed by atoms with Crippen LogP contribution in [0.25, 0.3) is 0 Å². The van der Waals surface area contributed by atoms with Crippen molar-refractivity contribution < 1.29 is 23.9 Å². The molecule has 1 aliphatic heterocycles. The van der Waals surface area contributed by atoms with E-state index in [4.69, 9.17) is 9.47 Å². The Balaban J connectivity index is 1.62. The largest absolute Gasteiger partial charge is 0.493 e. The minimum atomic E-state index is -0.443.